The zero-order chi connectivity index (χ0) is 14.8. The second-order valence-electron chi connectivity index (χ2n) is 4.15. The molecule has 1 N–H and O–H groups in total. The summed E-state index contributed by atoms with van der Waals surface area (Å²) < 4.78 is 42.3. The lowest BCUT2D eigenvalue weighted by atomic mass is 10.0. The van der Waals surface area contributed by atoms with Crippen LogP contribution in [0, 0.1) is 0 Å². The third-order valence-electron chi connectivity index (χ3n) is 2.73. The van der Waals surface area contributed by atoms with Crippen LogP contribution in [-0.2, 0) is 17.4 Å². The molecular formula is C13H10F3NO3. The molecule has 20 heavy (non-hydrogen) atoms. The highest BCUT2D eigenvalue weighted by atomic mass is 19.4. The molecule has 2 aromatic rings. The number of benzene rings is 1. The van der Waals surface area contributed by atoms with Crippen molar-refractivity contribution in [3.05, 3.63) is 41.6 Å². The van der Waals surface area contributed by atoms with Crippen molar-refractivity contribution in [2.75, 3.05) is 0 Å². The van der Waals surface area contributed by atoms with Gasteiger partial charge in [0.2, 0.25) is 0 Å². The van der Waals surface area contributed by atoms with Crippen LogP contribution in [0.15, 0.2) is 35.0 Å². The highest BCUT2D eigenvalue weighted by Crippen LogP contribution is 2.32. The smallest absolute Gasteiger partial charge is 0.416 e. The minimum Gasteiger partial charge on any atom is -0.481 e. The SMILES string of the molecule is O=C(O)CCc1cnoc1-c1ccc(C(F)(F)F)cc1. The number of alkyl halides is 3. The van der Waals surface area contributed by atoms with Crippen molar-refractivity contribution >= 4 is 5.97 Å². The molecule has 1 aromatic carbocycles. The van der Waals surface area contributed by atoms with E-state index in [1.54, 1.807) is 0 Å². The van der Waals surface area contributed by atoms with Crippen LogP contribution in [-0.4, -0.2) is 16.2 Å². The maximum Gasteiger partial charge on any atom is 0.416 e. The van der Waals surface area contributed by atoms with Crippen LogP contribution in [0.25, 0.3) is 11.3 Å². The number of aryl methyl sites for hydroxylation is 1. The fraction of sp³-hybridized carbons (Fsp3) is 0.231. The number of halogens is 3. The van der Waals surface area contributed by atoms with Crippen molar-refractivity contribution < 1.29 is 27.6 Å². The number of rotatable bonds is 4. The second-order valence-corrected chi connectivity index (χ2v) is 4.15. The monoisotopic (exact) mass is 285 g/mol. The van der Waals surface area contributed by atoms with Crippen LogP contribution in [0.2, 0.25) is 0 Å². The Morgan fingerprint density at radius 3 is 2.45 bits per heavy atom. The van der Waals surface area contributed by atoms with Gasteiger partial charge >= 0.3 is 12.1 Å². The molecular weight excluding hydrogens is 275 g/mol. The van der Waals surface area contributed by atoms with Gasteiger partial charge in [-0.1, -0.05) is 17.3 Å². The van der Waals surface area contributed by atoms with Gasteiger partial charge in [-0.3, -0.25) is 4.79 Å². The van der Waals surface area contributed by atoms with Crippen LogP contribution < -0.4 is 0 Å². The molecule has 4 nitrogen and oxygen atoms in total. The summed E-state index contributed by atoms with van der Waals surface area (Å²) in [4.78, 5) is 10.5. The van der Waals surface area contributed by atoms with Crippen LogP contribution in [0.3, 0.4) is 0 Å². The van der Waals surface area contributed by atoms with Gasteiger partial charge in [0.15, 0.2) is 5.76 Å². The Morgan fingerprint density at radius 2 is 1.90 bits per heavy atom. The molecule has 0 unspecified atom stereocenters. The number of aromatic nitrogens is 1. The largest absolute Gasteiger partial charge is 0.481 e. The Bertz CT molecular complexity index is 602. The standard InChI is InChI=1S/C13H10F3NO3/c14-13(15,16)10-4-1-8(2-5-10)12-9(7-17-20-12)3-6-11(18)19/h1-2,4-5,7H,3,6H2,(H,18,19). The fourth-order valence-electron chi connectivity index (χ4n) is 1.73. The van der Waals surface area contributed by atoms with E-state index in [1.807, 2.05) is 0 Å². The minimum absolute atomic E-state index is 0.102. The number of hydrogen-bond acceptors (Lipinski definition) is 3. The zero-order valence-electron chi connectivity index (χ0n) is 10.1. The lowest BCUT2D eigenvalue weighted by Crippen LogP contribution is -2.04. The quantitative estimate of drug-likeness (QED) is 0.935. The molecule has 0 fully saturated rings. The van der Waals surface area contributed by atoms with E-state index in [2.05, 4.69) is 5.16 Å². The second kappa shape index (κ2) is 5.36. The van der Waals surface area contributed by atoms with Crippen molar-refractivity contribution in [1.29, 1.82) is 0 Å². The lowest BCUT2D eigenvalue weighted by molar-refractivity contribution is -0.138. The molecule has 0 amide bonds. The average molecular weight is 285 g/mol. The van der Waals surface area contributed by atoms with Gasteiger partial charge in [-0.15, -0.1) is 0 Å². The molecule has 0 aliphatic carbocycles. The van der Waals surface area contributed by atoms with Crippen LogP contribution in [0.5, 0.6) is 0 Å². The van der Waals surface area contributed by atoms with Gasteiger partial charge in [0.1, 0.15) is 0 Å². The van der Waals surface area contributed by atoms with Gasteiger partial charge < -0.3 is 9.63 Å². The lowest BCUT2D eigenvalue weighted by Gasteiger charge is -2.07. The maximum atomic E-state index is 12.4. The third kappa shape index (κ3) is 3.17. The third-order valence-corrected chi connectivity index (χ3v) is 2.73. The highest BCUT2D eigenvalue weighted by molar-refractivity contribution is 5.68. The summed E-state index contributed by atoms with van der Waals surface area (Å²) in [7, 11) is 0. The molecule has 0 aliphatic heterocycles. The van der Waals surface area contributed by atoms with Crippen LogP contribution >= 0.6 is 0 Å². The van der Waals surface area contributed by atoms with Gasteiger partial charge in [-0.2, -0.15) is 13.2 Å². The van der Waals surface area contributed by atoms with Crippen molar-refractivity contribution in [3.8, 4) is 11.3 Å². The van der Waals surface area contributed by atoms with Crippen molar-refractivity contribution in [2.24, 2.45) is 0 Å². The average Bonchev–Trinajstić information content (AvgIpc) is 2.83. The number of hydrogen-bond donors (Lipinski definition) is 1. The molecule has 0 bridgehead atoms. The summed E-state index contributed by atoms with van der Waals surface area (Å²) in [6.45, 7) is 0. The molecule has 0 aliphatic rings. The van der Waals surface area contributed by atoms with Crippen LogP contribution in [0.1, 0.15) is 17.5 Å². The van der Waals surface area contributed by atoms with Crippen molar-refractivity contribution in [2.45, 2.75) is 19.0 Å². The van der Waals surface area contributed by atoms with Crippen molar-refractivity contribution in [1.82, 2.24) is 5.16 Å². The van der Waals surface area contributed by atoms with Gasteiger partial charge in [0.25, 0.3) is 0 Å². The molecule has 0 radical (unpaired) electrons. The van der Waals surface area contributed by atoms with Gasteiger partial charge in [-0.05, 0) is 18.6 Å². The van der Waals surface area contributed by atoms with E-state index in [9.17, 15) is 18.0 Å². The summed E-state index contributed by atoms with van der Waals surface area (Å²) in [6.07, 6.45) is -2.92. The Morgan fingerprint density at radius 1 is 1.25 bits per heavy atom. The maximum absolute atomic E-state index is 12.4. The number of carboxylic acids is 1. The van der Waals surface area contributed by atoms with Gasteiger partial charge in [0.05, 0.1) is 11.8 Å². The molecule has 0 saturated carbocycles. The molecule has 7 heteroatoms. The molecule has 1 aromatic heterocycles. The minimum atomic E-state index is -4.40. The van der Waals surface area contributed by atoms with Crippen LogP contribution in [0.4, 0.5) is 13.2 Å². The van der Waals surface area contributed by atoms with Gasteiger partial charge in [-0.25, -0.2) is 0 Å². The summed E-state index contributed by atoms with van der Waals surface area (Å²) in [5.74, 6) is -0.676. The molecule has 0 spiro atoms. The predicted octanol–water partition coefficient (Wildman–Crippen LogP) is 3.38. The van der Waals surface area contributed by atoms with E-state index in [4.69, 9.17) is 9.63 Å². The summed E-state index contributed by atoms with van der Waals surface area (Å²) in [6, 6.07) is 4.43. The topological polar surface area (TPSA) is 63.3 Å². The number of carboxylic acid groups (broad SMARTS) is 1. The molecule has 0 saturated heterocycles. The fourth-order valence-corrected chi connectivity index (χ4v) is 1.73. The molecule has 106 valence electrons. The van der Waals surface area contributed by atoms with E-state index in [0.29, 0.717) is 16.9 Å². The first kappa shape index (κ1) is 14.1. The summed E-state index contributed by atoms with van der Waals surface area (Å²) >= 11 is 0. The van der Waals surface area contributed by atoms with E-state index >= 15 is 0 Å². The number of carbonyl (C=O) groups is 1. The van der Waals surface area contributed by atoms with E-state index in [1.165, 1.54) is 18.3 Å². The Hall–Kier alpha value is -2.31. The van der Waals surface area contributed by atoms with Crippen molar-refractivity contribution in [3.63, 3.8) is 0 Å². The predicted molar refractivity (Wildman–Crippen MR) is 62.9 cm³/mol. The zero-order valence-corrected chi connectivity index (χ0v) is 10.1. The molecule has 2 rings (SSSR count). The first-order valence-electron chi connectivity index (χ1n) is 5.71. The van der Waals surface area contributed by atoms with E-state index in [-0.39, 0.29) is 12.8 Å². The normalized spacial score (nSPS) is 11.6. The molecule has 1 heterocycles. The highest BCUT2D eigenvalue weighted by Gasteiger charge is 2.30. The van der Waals surface area contributed by atoms with E-state index in [0.717, 1.165) is 12.1 Å². The van der Waals surface area contributed by atoms with E-state index < -0.39 is 17.7 Å². The number of nitrogens with zero attached hydrogens (tertiary/aromatic N) is 1. The molecule has 0 atom stereocenters. The Kier molecular flexibility index (Phi) is 3.78. The first-order chi connectivity index (χ1) is 9.38. The first-order valence-corrected chi connectivity index (χ1v) is 5.71. The summed E-state index contributed by atoms with van der Waals surface area (Å²) in [5.41, 5.74) is 0.218. The summed E-state index contributed by atoms with van der Waals surface area (Å²) in [5, 5.41) is 12.2. The number of aliphatic carboxylic acids is 1. The van der Waals surface area contributed by atoms with Gasteiger partial charge in [0, 0.05) is 17.5 Å². The Balaban J connectivity index is 2.24. The Labute approximate surface area is 111 Å².